The molecule has 60 heavy (non-hydrogen) atoms. The van der Waals surface area contributed by atoms with Gasteiger partial charge in [0.25, 0.3) is 0 Å². The van der Waals surface area contributed by atoms with E-state index in [0.717, 1.165) is 61.6 Å². The zero-order valence-electron chi connectivity index (χ0n) is 32.2. The van der Waals surface area contributed by atoms with E-state index >= 15 is 0 Å². The molecule has 0 N–H and O–H groups in total. The van der Waals surface area contributed by atoms with Gasteiger partial charge in [0.05, 0.1) is 28.5 Å². The summed E-state index contributed by atoms with van der Waals surface area (Å²) in [5.41, 5.74) is 11.8. The molecule has 5 heterocycles. The molecule has 0 bridgehead atoms. The van der Waals surface area contributed by atoms with Crippen LogP contribution in [-0.2, 0) is 0 Å². The van der Waals surface area contributed by atoms with E-state index in [2.05, 4.69) is 70.6 Å². The first-order valence-electron chi connectivity index (χ1n) is 19.6. The summed E-state index contributed by atoms with van der Waals surface area (Å²) in [7, 11) is 0. The van der Waals surface area contributed by atoms with E-state index < -0.39 is 0 Å². The van der Waals surface area contributed by atoms with Crippen LogP contribution in [0.15, 0.2) is 207 Å². The van der Waals surface area contributed by atoms with Crippen LogP contribution in [0.25, 0.3) is 102 Å². The molecule has 0 fully saturated rings. The zero-order valence-corrected chi connectivity index (χ0v) is 32.2. The third-order valence-electron chi connectivity index (χ3n) is 10.1. The Hall–Kier alpha value is -8.36. The summed E-state index contributed by atoms with van der Waals surface area (Å²) in [5.74, 6) is 1.91. The average Bonchev–Trinajstić information content (AvgIpc) is 3.35. The first kappa shape index (κ1) is 36.0. The molecule has 0 aliphatic rings. The van der Waals surface area contributed by atoms with Crippen molar-refractivity contribution < 1.29 is 0 Å². The number of nitrogens with zero attached hydrogens (tertiary/aromatic N) is 8. The van der Waals surface area contributed by atoms with Crippen LogP contribution in [-0.4, -0.2) is 39.9 Å². The number of pyridine rings is 3. The first-order chi connectivity index (χ1) is 29.7. The maximum absolute atomic E-state index is 5.22. The van der Waals surface area contributed by atoms with Gasteiger partial charge in [0.2, 0.25) is 0 Å². The second-order valence-electron chi connectivity index (χ2n) is 14.1. The molecule has 0 atom stereocenters. The Kier molecular flexibility index (Phi) is 9.75. The van der Waals surface area contributed by atoms with E-state index in [0.29, 0.717) is 40.4 Å². The molecule has 0 amide bonds. The minimum atomic E-state index is 0.401. The Morgan fingerprint density at radius 2 is 0.633 bits per heavy atom. The van der Waals surface area contributed by atoms with Crippen molar-refractivity contribution >= 4 is 0 Å². The van der Waals surface area contributed by atoms with E-state index in [-0.39, 0.29) is 0 Å². The van der Waals surface area contributed by atoms with Crippen molar-refractivity contribution in [1.82, 2.24) is 39.9 Å². The topological polar surface area (TPSA) is 103 Å². The second-order valence-corrected chi connectivity index (χ2v) is 14.1. The Morgan fingerprint density at radius 1 is 0.200 bits per heavy atom. The van der Waals surface area contributed by atoms with Crippen LogP contribution in [0.2, 0.25) is 0 Å². The lowest BCUT2D eigenvalue weighted by molar-refractivity contribution is 1.05. The van der Waals surface area contributed by atoms with Gasteiger partial charge in [-0.2, -0.15) is 0 Å². The molecule has 0 aliphatic heterocycles. The molecule has 10 aromatic rings. The van der Waals surface area contributed by atoms with E-state index in [1.165, 1.54) is 0 Å². The van der Waals surface area contributed by atoms with E-state index in [9.17, 15) is 0 Å². The highest BCUT2D eigenvalue weighted by atomic mass is 15.1. The number of hydrogen-bond donors (Lipinski definition) is 0. The van der Waals surface area contributed by atoms with Gasteiger partial charge in [0.15, 0.2) is 23.3 Å². The summed E-state index contributed by atoms with van der Waals surface area (Å²) in [4.78, 5) is 40.1. The molecule has 0 saturated carbocycles. The van der Waals surface area contributed by atoms with Crippen molar-refractivity contribution in [2.24, 2.45) is 0 Å². The van der Waals surface area contributed by atoms with Crippen molar-refractivity contribution in [3.63, 3.8) is 0 Å². The van der Waals surface area contributed by atoms with Crippen LogP contribution in [0.4, 0.5) is 0 Å². The molecule has 8 heteroatoms. The summed E-state index contributed by atoms with van der Waals surface area (Å²) in [6.07, 6.45) is 3.52. The predicted octanol–water partition coefficient (Wildman–Crippen LogP) is 11.8. The zero-order chi connectivity index (χ0) is 40.1. The molecule has 0 unspecified atom stereocenters. The van der Waals surface area contributed by atoms with Crippen LogP contribution in [0.1, 0.15) is 0 Å². The highest BCUT2D eigenvalue weighted by molar-refractivity contribution is 5.78. The summed E-state index contributed by atoms with van der Waals surface area (Å²) in [6.45, 7) is 0. The van der Waals surface area contributed by atoms with Gasteiger partial charge in [-0.05, 0) is 76.9 Å². The van der Waals surface area contributed by atoms with Gasteiger partial charge in [-0.25, -0.2) is 29.9 Å². The number of aromatic nitrogens is 8. The molecular formula is C52H34N8. The van der Waals surface area contributed by atoms with Crippen molar-refractivity contribution in [1.29, 1.82) is 0 Å². The Labute approximate surface area is 347 Å². The van der Waals surface area contributed by atoms with Crippen molar-refractivity contribution in [3.05, 3.63) is 207 Å². The predicted molar refractivity (Wildman–Crippen MR) is 238 cm³/mol. The fourth-order valence-corrected chi connectivity index (χ4v) is 7.08. The van der Waals surface area contributed by atoms with Crippen molar-refractivity contribution in [2.45, 2.75) is 0 Å². The van der Waals surface area contributed by atoms with E-state index in [1.54, 1.807) is 12.4 Å². The quantitative estimate of drug-likeness (QED) is 0.143. The maximum atomic E-state index is 5.22. The van der Waals surface area contributed by atoms with E-state index in [1.807, 2.05) is 133 Å². The Balaban J connectivity index is 1.19. The molecule has 10 rings (SSSR count). The standard InChI is InChI=1S/C52H34N8/c1-4-16-35(17-5-1)38-22-14-24-40(30-38)45-34-48(57-50(56-45)41-25-15-23-39(31-41)36-18-6-2-7-19-36)52-59-49(37-20-8-3-9-21-37)58-51(60-52)42-32-46(43-26-10-12-28-53-43)55-47(33-42)44-27-11-13-29-54-44/h1-34H. The highest BCUT2D eigenvalue weighted by Gasteiger charge is 2.19. The second kappa shape index (κ2) is 16.2. The highest BCUT2D eigenvalue weighted by Crippen LogP contribution is 2.34. The van der Waals surface area contributed by atoms with Crippen LogP contribution < -0.4 is 0 Å². The van der Waals surface area contributed by atoms with E-state index in [4.69, 9.17) is 29.9 Å². The Bertz CT molecular complexity index is 2910. The number of rotatable bonds is 9. The largest absolute Gasteiger partial charge is 0.255 e. The van der Waals surface area contributed by atoms with Crippen LogP contribution in [0.3, 0.4) is 0 Å². The van der Waals surface area contributed by atoms with Crippen molar-refractivity contribution in [3.8, 4) is 102 Å². The van der Waals surface area contributed by atoms with Crippen LogP contribution in [0, 0.1) is 0 Å². The molecule has 0 saturated heterocycles. The lowest BCUT2D eigenvalue weighted by Gasteiger charge is -2.13. The fraction of sp³-hybridized carbons (Fsp3) is 0. The van der Waals surface area contributed by atoms with Gasteiger partial charge in [-0.1, -0.05) is 140 Å². The maximum Gasteiger partial charge on any atom is 0.182 e. The van der Waals surface area contributed by atoms with Crippen LogP contribution in [0.5, 0.6) is 0 Å². The third-order valence-corrected chi connectivity index (χ3v) is 10.1. The summed E-state index contributed by atoms with van der Waals surface area (Å²) in [6, 6.07) is 64.7. The van der Waals surface area contributed by atoms with Gasteiger partial charge >= 0.3 is 0 Å². The molecule has 0 spiro atoms. The lowest BCUT2D eigenvalue weighted by Crippen LogP contribution is -2.04. The molecule has 5 aromatic carbocycles. The molecule has 282 valence electrons. The minimum absolute atomic E-state index is 0.401. The molecular weight excluding hydrogens is 737 g/mol. The van der Waals surface area contributed by atoms with Gasteiger partial charge in [0, 0.05) is 34.6 Å². The van der Waals surface area contributed by atoms with Gasteiger partial charge in [0.1, 0.15) is 5.69 Å². The number of hydrogen-bond acceptors (Lipinski definition) is 8. The molecule has 5 aromatic heterocycles. The van der Waals surface area contributed by atoms with Gasteiger partial charge in [-0.15, -0.1) is 0 Å². The van der Waals surface area contributed by atoms with Crippen LogP contribution >= 0.6 is 0 Å². The fourth-order valence-electron chi connectivity index (χ4n) is 7.08. The number of benzene rings is 5. The smallest absolute Gasteiger partial charge is 0.182 e. The molecule has 8 nitrogen and oxygen atoms in total. The summed E-state index contributed by atoms with van der Waals surface area (Å²) < 4.78 is 0. The average molecular weight is 771 g/mol. The molecule has 0 aliphatic carbocycles. The third kappa shape index (κ3) is 7.68. The van der Waals surface area contributed by atoms with Crippen molar-refractivity contribution in [2.75, 3.05) is 0 Å². The molecule has 0 radical (unpaired) electrons. The minimum Gasteiger partial charge on any atom is -0.255 e. The van der Waals surface area contributed by atoms with Gasteiger partial charge in [-0.3, -0.25) is 9.97 Å². The van der Waals surface area contributed by atoms with Gasteiger partial charge < -0.3 is 0 Å². The SMILES string of the molecule is c1ccc(-c2cccc(-c3cc(-c4nc(-c5ccccc5)nc(-c5cc(-c6ccccn6)nc(-c6ccccn6)c5)n4)nc(-c4cccc(-c5ccccc5)c4)n3)c2)cc1. The first-order valence-corrected chi connectivity index (χ1v) is 19.6. The monoisotopic (exact) mass is 770 g/mol. The summed E-state index contributed by atoms with van der Waals surface area (Å²) in [5, 5.41) is 0. The Morgan fingerprint density at radius 3 is 1.20 bits per heavy atom. The summed E-state index contributed by atoms with van der Waals surface area (Å²) >= 11 is 0. The normalized spacial score (nSPS) is 11.0. The lowest BCUT2D eigenvalue weighted by atomic mass is 10.0.